The lowest BCUT2D eigenvalue weighted by atomic mass is 9.91. The molecule has 0 aliphatic carbocycles. The summed E-state index contributed by atoms with van der Waals surface area (Å²) in [5.41, 5.74) is 0.955. The molecule has 4 fully saturated rings. The molecule has 4 atom stereocenters. The van der Waals surface area contributed by atoms with Crippen molar-refractivity contribution in [1.29, 1.82) is 0 Å². The average molecular weight is 475 g/mol. The summed E-state index contributed by atoms with van der Waals surface area (Å²) in [7, 11) is 1.29. The van der Waals surface area contributed by atoms with Gasteiger partial charge in [-0.2, -0.15) is 4.39 Å². The zero-order valence-electron chi connectivity index (χ0n) is 19.1. The fraction of sp³-hybridized carbons (Fsp3) is 0.458. The van der Waals surface area contributed by atoms with E-state index in [1.165, 1.54) is 19.2 Å². The molecule has 4 unspecified atom stereocenters. The third-order valence-corrected chi connectivity index (χ3v) is 6.12. The number of rotatable bonds is 4. The van der Waals surface area contributed by atoms with Crippen LogP contribution in [0.2, 0.25) is 0 Å². The Bertz CT molecular complexity index is 1040. The molecule has 4 aliphatic heterocycles. The number of ether oxygens (including phenoxy) is 2. The smallest absolute Gasteiger partial charge is 0.272 e. The van der Waals surface area contributed by atoms with E-state index in [-0.39, 0.29) is 23.7 Å². The minimum atomic E-state index is -0.940. The molecule has 10 heteroatoms. The predicted octanol–water partition coefficient (Wildman–Crippen LogP) is 2.75. The van der Waals surface area contributed by atoms with Crippen LogP contribution in [0.15, 0.2) is 36.5 Å². The fourth-order valence-corrected chi connectivity index (χ4v) is 4.33. The second kappa shape index (κ2) is 10.4. The van der Waals surface area contributed by atoms with Crippen molar-refractivity contribution in [3.63, 3.8) is 0 Å². The highest BCUT2D eigenvalue weighted by atomic mass is 19.2. The highest BCUT2D eigenvalue weighted by Gasteiger charge is 2.38. The van der Waals surface area contributed by atoms with Crippen LogP contribution >= 0.6 is 0 Å². The molecule has 1 aromatic carbocycles. The SMILES string of the molecule is CC1CCC(C(=O)Nc2ccnc(C(=O)N3CC4CC(C3)N4)c2)O1.COc1cccc(F)c1F. The summed E-state index contributed by atoms with van der Waals surface area (Å²) in [5.74, 6) is -2.13. The largest absolute Gasteiger partial charge is 0.494 e. The van der Waals surface area contributed by atoms with Gasteiger partial charge in [0.2, 0.25) is 5.82 Å². The predicted molar refractivity (Wildman–Crippen MR) is 121 cm³/mol. The number of fused-ring (bicyclic) bond motifs is 2. The monoisotopic (exact) mass is 474 g/mol. The number of carbonyl (C=O) groups excluding carboxylic acids is 2. The van der Waals surface area contributed by atoms with Gasteiger partial charge >= 0.3 is 0 Å². The average Bonchev–Trinajstić information content (AvgIpc) is 3.27. The number of anilines is 1. The molecule has 2 bridgehead atoms. The molecule has 0 radical (unpaired) electrons. The Morgan fingerprint density at radius 2 is 1.94 bits per heavy atom. The lowest BCUT2D eigenvalue weighted by Gasteiger charge is -2.48. The standard InChI is InChI=1S/C17H22N4O3.C7H6F2O/c1-10-2-3-15(24-10)16(22)20-11-4-5-18-14(7-11)17(23)21-8-12-6-13(9-21)19-12;1-10-6-4-2-3-5(8)7(6)9/h4-5,7,10,12-13,15,19H,2-3,6,8-9H2,1H3,(H,18,20,22);2-4H,1H3. The molecule has 8 nitrogen and oxygen atoms in total. The first-order chi connectivity index (χ1) is 16.3. The molecular weight excluding hydrogens is 446 g/mol. The van der Waals surface area contributed by atoms with Gasteiger partial charge in [-0.3, -0.25) is 14.6 Å². The highest BCUT2D eigenvalue weighted by Crippen LogP contribution is 2.23. The van der Waals surface area contributed by atoms with Crippen LogP contribution in [0.5, 0.6) is 5.75 Å². The van der Waals surface area contributed by atoms with E-state index in [1.54, 1.807) is 18.3 Å². The minimum absolute atomic E-state index is 0.0694. The molecule has 0 spiro atoms. The van der Waals surface area contributed by atoms with Gasteiger partial charge in [-0.05, 0) is 50.5 Å². The number of piperidine rings is 1. The van der Waals surface area contributed by atoms with Gasteiger partial charge in [0.05, 0.1) is 13.2 Å². The Morgan fingerprint density at radius 3 is 2.56 bits per heavy atom. The van der Waals surface area contributed by atoms with Crippen LogP contribution in [0.25, 0.3) is 0 Å². The maximum Gasteiger partial charge on any atom is 0.272 e. The number of nitrogens with zero attached hydrogens (tertiary/aromatic N) is 2. The van der Waals surface area contributed by atoms with Crippen molar-refractivity contribution in [2.45, 2.75) is 50.5 Å². The number of nitrogens with one attached hydrogen (secondary N) is 2. The van der Waals surface area contributed by atoms with Crippen LogP contribution < -0.4 is 15.4 Å². The summed E-state index contributed by atoms with van der Waals surface area (Å²) in [6.07, 6.45) is 4.04. The van der Waals surface area contributed by atoms with Crippen LogP contribution in [0, 0.1) is 11.6 Å². The van der Waals surface area contributed by atoms with E-state index in [1.807, 2.05) is 11.8 Å². The molecule has 2 amide bonds. The number of benzene rings is 1. The van der Waals surface area contributed by atoms with Gasteiger partial charge in [-0.1, -0.05) is 6.07 Å². The van der Waals surface area contributed by atoms with Gasteiger partial charge in [-0.25, -0.2) is 4.39 Å². The van der Waals surface area contributed by atoms with Crippen molar-refractivity contribution >= 4 is 17.5 Å². The summed E-state index contributed by atoms with van der Waals surface area (Å²) >= 11 is 0. The van der Waals surface area contributed by atoms with Crippen LogP contribution in [0.1, 0.15) is 36.7 Å². The van der Waals surface area contributed by atoms with E-state index < -0.39 is 17.7 Å². The number of hydrogen-bond donors (Lipinski definition) is 2. The van der Waals surface area contributed by atoms with E-state index in [2.05, 4.69) is 20.4 Å². The van der Waals surface area contributed by atoms with E-state index >= 15 is 0 Å². The van der Waals surface area contributed by atoms with Crippen LogP contribution in [-0.2, 0) is 9.53 Å². The number of carbonyl (C=O) groups is 2. The van der Waals surface area contributed by atoms with Crippen LogP contribution in [0.4, 0.5) is 14.5 Å². The number of amides is 2. The van der Waals surface area contributed by atoms with E-state index in [4.69, 9.17) is 4.74 Å². The van der Waals surface area contributed by atoms with E-state index in [9.17, 15) is 18.4 Å². The number of aromatic nitrogens is 1. The van der Waals surface area contributed by atoms with Crippen molar-refractivity contribution in [2.24, 2.45) is 0 Å². The normalized spacial score (nSPS) is 25.0. The van der Waals surface area contributed by atoms with Crippen molar-refractivity contribution in [2.75, 3.05) is 25.5 Å². The number of methoxy groups -OCH3 is 1. The van der Waals surface area contributed by atoms with E-state index in [0.717, 1.165) is 38.4 Å². The second-order valence-electron chi connectivity index (χ2n) is 8.69. The maximum absolute atomic E-state index is 12.6. The number of halogens is 2. The van der Waals surface area contributed by atoms with Gasteiger partial charge in [0.1, 0.15) is 11.8 Å². The molecule has 6 rings (SSSR count). The number of piperazine rings is 1. The van der Waals surface area contributed by atoms with Crippen LogP contribution in [0.3, 0.4) is 0 Å². The van der Waals surface area contributed by atoms with Gasteiger partial charge in [0.25, 0.3) is 11.8 Å². The molecule has 1 aromatic heterocycles. The lowest BCUT2D eigenvalue weighted by molar-refractivity contribution is -0.126. The van der Waals surface area contributed by atoms with E-state index in [0.29, 0.717) is 23.5 Å². The quantitative estimate of drug-likeness (QED) is 0.708. The fourth-order valence-electron chi connectivity index (χ4n) is 4.33. The van der Waals surface area contributed by atoms with Gasteiger partial charge in [0, 0.05) is 37.1 Å². The molecule has 5 heterocycles. The molecular formula is C24H28F2N4O4. The molecule has 2 N–H and O–H groups in total. The topological polar surface area (TPSA) is 92.8 Å². The summed E-state index contributed by atoms with van der Waals surface area (Å²) in [6.45, 7) is 3.41. The Kier molecular flexibility index (Phi) is 7.38. The van der Waals surface area contributed by atoms with Crippen molar-refractivity contribution < 1.29 is 27.8 Å². The Labute approximate surface area is 196 Å². The summed E-state index contributed by atoms with van der Waals surface area (Å²) in [4.78, 5) is 30.8. The number of hydrogen-bond acceptors (Lipinski definition) is 6. The first-order valence-electron chi connectivity index (χ1n) is 11.3. The first kappa shape index (κ1) is 24.0. The summed E-state index contributed by atoms with van der Waals surface area (Å²) < 4.78 is 34.9. The summed E-state index contributed by atoms with van der Waals surface area (Å²) in [5, 5.41) is 6.24. The molecule has 34 heavy (non-hydrogen) atoms. The minimum Gasteiger partial charge on any atom is -0.494 e. The lowest BCUT2D eigenvalue weighted by Crippen LogP contribution is -2.67. The second-order valence-corrected chi connectivity index (χ2v) is 8.69. The first-order valence-corrected chi connectivity index (χ1v) is 11.3. The zero-order chi connectivity index (χ0) is 24.2. The van der Waals surface area contributed by atoms with Crippen LogP contribution in [-0.4, -0.2) is 66.2 Å². The third kappa shape index (κ3) is 5.51. The maximum atomic E-state index is 12.6. The molecule has 4 aliphatic rings. The molecule has 4 saturated heterocycles. The molecule has 2 aromatic rings. The highest BCUT2D eigenvalue weighted by molar-refractivity contribution is 5.97. The number of pyridine rings is 1. The van der Waals surface area contributed by atoms with Crippen molar-refractivity contribution in [3.05, 3.63) is 53.9 Å². The van der Waals surface area contributed by atoms with Gasteiger partial charge in [0.15, 0.2) is 11.6 Å². The Hall–Kier alpha value is -3.11. The molecule has 182 valence electrons. The third-order valence-electron chi connectivity index (χ3n) is 6.12. The van der Waals surface area contributed by atoms with Gasteiger partial charge < -0.3 is 25.0 Å². The molecule has 0 saturated carbocycles. The Morgan fingerprint density at radius 1 is 1.21 bits per heavy atom. The zero-order valence-corrected chi connectivity index (χ0v) is 19.1. The van der Waals surface area contributed by atoms with Crippen molar-refractivity contribution in [3.8, 4) is 5.75 Å². The Balaban J connectivity index is 0.000000231. The van der Waals surface area contributed by atoms with Gasteiger partial charge in [-0.15, -0.1) is 0 Å². The summed E-state index contributed by atoms with van der Waals surface area (Å²) in [6, 6.07) is 7.96. The van der Waals surface area contributed by atoms with Crippen molar-refractivity contribution in [1.82, 2.24) is 15.2 Å².